The number of hydrogen-bond acceptors (Lipinski definition) is 3. The highest BCUT2D eigenvalue weighted by Gasteiger charge is 2.30. The van der Waals surface area contributed by atoms with Gasteiger partial charge in [0.15, 0.2) is 0 Å². The fraction of sp³-hybridized carbons (Fsp3) is 0.611. The van der Waals surface area contributed by atoms with E-state index in [1.165, 1.54) is 11.1 Å². The molecule has 1 aromatic carbocycles. The van der Waals surface area contributed by atoms with Crippen molar-refractivity contribution in [3.05, 3.63) is 35.4 Å². The molecule has 23 heavy (non-hydrogen) atoms. The summed E-state index contributed by atoms with van der Waals surface area (Å²) >= 11 is 0. The van der Waals surface area contributed by atoms with Crippen LogP contribution >= 0.6 is 0 Å². The number of likely N-dealkylation sites (N-methyl/N-ethyl adjacent to an activating group) is 1. The van der Waals surface area contributed by atoms with Crippen molar-refractivity contribution in [2.75, 3.05) is 26.7 Å². The topological polar surface area (TPSA) is 55.8 Å². The summed E-state index contributed by atoms with van der Waals surface area (Å²) in [5, 5.41) is 12.1. The standard InChI is InChI=1S/C18H29N3O2/c1-14(12-22)20(4)17(23)19-13-18(2,3)21-10-9-15-7-5-6-8-16(15)11-21/h5-8,14,22H,9-13H2,1-4H3,(H,19,23). The van der Waals surface area contributed by atoms with Crippen molar-refractivity contribution >= 4 is 6.03 Å². The van der Waals surface area contributed by atoms with Crippen LogP contribution in [-0.4, -0.2) is 59.3 Å². The molecule has 0 fully saturated rings. The quantitative estimate of drug-likeness (QED) is 0.871. The Labute approximate surface area is 139 Å². The van der Waals surface area contributed by atoms with E-state index in [2.05, 4.69) is 48.3 Å². The number of urea groups is 1. The summed E-state index contributed by atoms with van der Waals surface area (Å²) in [5.41, 5.74) is 2.69. The molecule has 5 nitrogen and oxygen atoms in total. The Bertz CT molecular complexity index is 545. The predicted molar refractivity (Wildman–Crippen MR) is 92.3 cm³/mol. The number of aliphatic hydroxyl groups excluding tert-OH is 1. The SMILES string of the molecule is CC(CO)N(C)C(=O)NCC(C)(C)N1CCc2ccccc2C1. The number of carbonyl (C=O) groups is 1. The molecule has 2 N–H and O–H groups in total. The van der Waals surface area contributed by atoms with Gasteiger partial charge in [-0.1, -0.05) is 24.3 Å². The Hall–Kier alpha value is -1.59. The van der Waals surface area contributed by atoms with E-state index in [1.54, 1.807) is 11.9 Å². The Morgan fingerprint density at radius 2 is 2.04 bits per heavy atom. The Morgan fingerprint density at radius 1 is 1.39 bits per heavy atom. The number of fused-ring (bicyclic) bond motifs is 1. The van der Waals surface area contributed by atoms with E-state index in [9.17, 15) is 4.79 Å². The fourth-order valence-electron chi connectivity index (χ4n) is 2.86. The second-order valence-corrected chi connectivity index (χ2v) is 7.05. The van der Waals surface area contributed by atoms with Crippen molar-refractivity contribution in [2.24, 2.45) is 0 Å². The highest BCUT2D eigenvalue weighted by Crippen LogP contribution is 2.24. The minimum Gasteiger partial charge on any atom is -0.394 e. The van der Waals surface area contributed by atoms with Crippen LogP contribution in [0.3, 0.4) is 0 Å². The van der Waals surface area contributed by atoms with Crippen LogP contribution in [0.2, 0.25) is 0 Å². The third-order valence-electron chi connectivity index (χ3n) is 4.90. The zero-order valence-electron chi connectivity index (χ0n) is 14.7. The van der Waals surface area contributed by atoms with Crippen molar-refractivity contribution < 1.29 is 9.90 Å². The van der Waals surface area contributed by atoms with Gasteiger partial charge >= 0.3 is 6.03 Å². The maximum Gasteiger partial charge on any atom is 0.317 e. The third kappa shape index (κ3) is 4.24. The fourth-order valence-corrected chi connectivity index (χ4v) is 2.86. The van der Waals surface area contributed by atoms with Gasteiger partial charge in [-0.15, -0.1) is 0 Å². The lowest BCUT2D eigenvalue weighted by Gasteiger charge is -2.42. The van der Waals surface area contributed by atoms with Crippen molar-refractivity contribution in [3.63, 3.8) is 0 Å². The average Bonchev–Trinajstić information content (AvgIpc) is 2.57. The second-order valence-electron chi connectivity index (χ2n) is 7.05. The monoisotopic (exact) mass is 319 g/mol. The third-order valence-corrected chi connectivity index (χ3v) is 4.90. The number of nitrogens with one attached hydrogen (secondary N) is 1. The zero-order chi connectivity index (χ0) is 17.0. The van der Waals surface area contributed by atoms with Crippen LogP contribution in [0.1, 0.15) is 31.9 Å². The number of amides is 2. The van der Waals surface area contributed by atoms with Gasteiger partial charge in [0.05, 0.1) is 12.6 Å². The first-order valence-corrected chi connectivity index (χ1v) is 8.28. The van der Waals surface area contributed by atoms with E-state index in [0.717, 1.165) is 19.5 Å². The van der Waals surface area contributed by atoms with E-state index in [4.69, 9.17) is 5.11 Å². The molecule has 0 saturated carbocycles. The van der Waals surface area contributed by atoms with E-state index >= 15 is 0 Å². The van der Waals surface area contributed by atoms with Crippen LogP contribution in [0.25, 0.3) is 0 Å². The van der Waals surface area contributed by atoms with Crippen LogP contribution in [0, 0.1) is 0 Å². The van der Waals surface area contributed by atoms with E-state index < -0.39 is 0 Å². The van der Waals surface area contributed by atoms with Gasteiger partial charge in [-0.2, -0.15) is 0 Å². The normalized spacial score (nSPS) is 16.6. The van der Waals surface area contributed by atoms with Crippen molar-refractivity contribution in [1.29, 1.82) is 0 Å². The minimum absolute atomic E-state index is 0.0315. The molecule has 1 aromatic rings. The predicted octanol–water partition coefficient (Wildman–Crippen LogP) is 1.85. The van der Waals surface area contributed by atoms with E-state index in [0.29, 0.717) is 6.54 Å². The number of benzene rings is 1. The summed E-state index contributed by atoms with van der Waals surface area (Å²) in [5.74, 6) is 0. The molecule has 5 heteroatoms. The Balaban J connectivity index is 1.93. The lowest BCUT2D eigenvalue weighted by molar-refractivity contribution is 0.0998. The summed E-state index contributed by atoms with van der Waals surface area (Å²) in [7, 11) is 1.71. The molecular formula is C18H29N3O2. The first kappa shape index (κ1) is 17.8. The van der Waals surface area contributed by atoms with E-state index in [1.807, 2.05) is 6.92 Å². The number of hydrogen-bond donors (Lipinski definition) is 2. The maximum absolute atomic E-state index is 12.2. The molecule has 1 heterocycles. The van der Waals surface area contributed by atoms with Gasteiger partial charge < -0.3 is 15.3 Å². The first-order chi connectivity index (χ1) is 10.8. The molecule has 0 spiro atoms. The van der Waals surface area contributed by atoms with Gasteiger partial charge in [0.25, 0.3) is 0 Å². The van der Waals surface area contributed by atoms with E-state index in [-0.39, 0.29) is 24.2 Å². The number of aliphatic hydroxyl groups is 1. The van der Waals surface area contributed by atoms with Gasteiger partial charge in [0.1, 0.15) is 0 Å². The van der Waals surface area contributed by atoms with Crippen molar-refractivity contribution in [2.45, 2.75) is 45.3 Å². The summed E-state index contributed by atoms with van der Waals surface area (Å²) in [6.07, 6.45) is 1.05. The van der Waals surface area contributed by atoms with Crippen LogP contribution in [0.4, 0.5) is 4.79 Å². The molecule has 2 rings (SSSR count). The minimum atomic E-state index is -0.181. The summed E-state index contributed by atoms with van der Waals surface area (Å²) in [4.78, 5) is 16.1. The second kappa shape index (κ2) is 7.32. The van der Waals surface area contributed by atoms with Crippen LogP contribution in [0.15, 0.2) is 24.3 Å². The number of carbonyl (C=O) groups excluding carboxylic acids is 1. The molecule has 1 aliphatic heterocycles. The molecule has 0 saturated heterocycles. The molecule has 0 aromatic heterocycles. The van der Waals surface area contributed by atoms with Crippen molar-refractivity contribution in [3.8, 4) is 0 Å². The number of rotatable bonds is 5. The van der Waals surface area contributed by atoms with Gasteiger partial charge in [-0.3, -0.25) is 4.90 Å². The Kier molecular flexibility index (Phi) is 5.65. The zero-order valence-corrected chi connectivity index (χ0v) is 14.7. The molecule has 128 valence electrons. The molecule has 1 atom stereocenters. The Morgan fingerprint density at radius 3 is 2.70 bits per heavy atom. The summed E-state index contributed by atoms with van der Waals surface area (Å²) in [6.45, 7) is 8.62. The van der Waals surface area contributed by atoms with Gasteiger partial charge in [-0.25, -0.2) is 4.79 Å². The molecule has 1 aliphatic rings. The van der Waals surface area contributed by atoms with Crippen molar-refractivity contribution in [1.82, 2.24) is 15.1 Å². The molecule has 2 amide bonds. The largest absolute Gasteiger partial charge is 0.394 e. The molecule has 0 bridgehead atoms. The lowest BCUT2D eigenvalue weighted by atomic mass is 9.94. The summed E-state index contributed by atoms with van der Waals surface area (Å²) in [6, 6.07) is 8.25. The first-order valence-electron chi connectivity index (χ1n) is 8.28. The molecular weight excluding hydrogens is 290 g/mol. The highest BCUT2D eigenvalue weighted by molar-refractivity contribution is 5.74. The highest BCUT2D eigenvalue weighted by atomic mass is 16.3. The molecule has 1 unspecified atom stereocenters. The van der Waals surface area contributed by atoms with Gasteiger partial charge in [-0.05, 0) is 38.3 Å². The molecule has 0 aliphatic carbocycles. The average molecular weight is 319 g/mol. The van der Waals surface area contributed by atoms with Crippen LogP contribution < -0.4 is 5.32 Å². The van der Waals surface area contributed by atoms with Gasteiger partial charge in [0.2, 0.25) is 0 Å². The number of nitrogens with zero attached hydrogens (tertiary/aromatic N) is 2. The maximum atomic E-state index is 12.2. The van der Waals surface area contributed by atoms with Gasteiger partial charge in [0, 0.05) is 32.2 Å². The lowest BCUT2D eigenvalue weighted by Crippen LogP contribution is -2.55. The van der Waals surface area contributed by atoms with Crippen LogP contribution in [0.5, 0.6) is 0 Å². The molecule has 0 radical (unpaired) electrons. The van der Waals surface area contributed by atoms with Crippen LogP contribution in [-0.2, 0) is 13.0 Å². The summed E-state index contributed by atoms with van der Waals surface area (Å²) < 4.78 is 0. The smallest absolute Gasteiger partial charge is 0.317 e.